The monoisotopic (exact) mass is 338 g/mol. The molecule has 0 saturated carbocycles. The molecular weight excluding hydrogens is 324 g/mol. The van der Waals surface area contributed by atoms with Crippen molar-refractivity contribution in [2.75, 3.05) is 20.8 Å². The Kier molecular flexibility index (Phi) is 5.59. The van der Waals surface area contributed by atoms with Crippen molar-refractivity contribution in [1.82, 2.24) is 9.97 Å². The van der Waals surface area contributed by atoms with E-state index in [2.05, 4.69) is 9.97 Å². The van der Waals surface area contributed by atoms with Crippen LogP contribution in [0.4, 0.5) is 0 Å². The SMILES string of the molecule is CCOC(=O)c1ccccc1Oc1nc(OC)c(Cl)c(OC)n1. The Labute approximate surface area is 138 Å². The Morgan fingerprint density at radius 1 is 1.13 bits per heavy atom. The molecule has 0 radical (unpaired) electrons. The first kappa shape index (κ1) is 16.8. The van der Waals surface area contributed by atoms with Crippen molar-refractivity contribution in [2.24, 2.45) is 0 Å². The standard InChI is InChI=1S/C15H15ClN2O5/c1-4-22-14(19)9-7-5-6-8-10(9)23-15-17-12(20-2)11(16)13(18-15)21-3/h5-8H,4H2,1-3H3. The number of aromatic nitrogens is 2. The van der Waals surface area contributed by atoms with E-state index in [9.17, 15) is 4.79 Å². The van der Waals surface area contributed by atoms with Gasteiger partial charge in [0.05, 0.1) is 20.8 Å². The molecule has 0 N–H and O–H groups in total. The molecule has 0 aliphatic carbocycles. The first-order valence-corrected chi connectivity index (χ1v) is 7.08. The fraction of sp³-hybridized carbons (Fsp3) is 0.267. The highest BCUT2D eigenvalue weighted by molar-refractivity contribution is 6.33. The second-order valence-corrected chi connectivity index (χ2v) is 4.54. The number of methoxy groups -OCH3 is 2. The maximum Gasteiger partial charge on any atom is 0.341 e. The molecule has 2 aromatic rings. The van der Waals surface area contributed by atoms with Gasteiger partial charge in [-0.15, -0.1) is 0 Å². The highest BCUT2D eigenvalue weighted by atomic mass is 35.5. The van der Waals surface area contributed by atoms with E-state index in [0.717, 1.165) is 0 Å². The van der Waals surface area contributed by atoms with Gasteiger partial charge < -0.3 is 18.9 Å². The van der Waals surface area contributed by atoms with Crippen molar-refractivity contribution in [1.29, 1.82) is 0 Å². The molecule has 0 fully saturated rings. The molecule has 0 aliphatic rings. The fourth-order valence-corrected chi connectivity index (χ4v) is 1.97. The summed E-state index contributed by atoms with van der Waals surface area (Å²) < 4.78 is 20.7. The van der Waals surface area contributed by atoms with Crippen LogP contribution >= 0.6 is 11.6 Å². The third-order valence-electron chi connectivity index (χ3n) is 2.74. The summed E-state index contributed by atoms with van der Waals surface area (Å²) in [6.45, 7) is 1.98. The van der Waals surface area contributed by atoms with Crippen molar-refractivity contribution in [3.8, 4) is 23.5 Å². The number of carbonyl (C=O) groups excluding carboxylic acids is 1. The van der Waals surface area contributed by atoms with Crippen LogP contribution in [0.1, 0.15) is 17.3 Å². The molecule has 1 aromatic carbocycles. The Hall–Kier alpha value is -2.54. The van der Waals surface area contributed by atoms with Crippen LogP contribution in [-0.2, 0) is 4.74 Å². The van der Waals surface area contributed by atoms with Crippen molar-refractivity contribution < 1.29 is 23.7 Å². The Morgan fingerprint density at radius 2 is 1.74 bits per heavy atom. The number of hydrogen-bond acceptors (Lipinski definition) is 7. The van der Waals surface area contributed by atoms with Gasteiger partial charge in [0, 0.05) is 0 Å². The quantitative estimate of drug-likeness (QED) is 0.748. The molecule has 0 saturated heterocycles. The van der Waals surface area contributed by atoms with Crippen molar-refractivity contribution in [3.05, 3.63) is 34.9 Å². The van der Waals surface area contributed by atoms with Gasteiger partial charge in [-0.3, -0.25) is 0 Å². The third kappa shape index (κ3) is 3.81. The zero-order valence-corrected chi connectivity index (χ0v) is 13.6. The molecule has 8 heteroatoms. The fourth-order valence-electron chi connectivity index (χ4n) is 1.74. The average molecular weight is 339 g/mol. The van der Waals surface area contributed by atoms with Gasteiger partial charge in [-0.2, -0.15) is 9.97 Å². The predicted octanol–water partition coefficient (Wildman–Crippen LogP) is 3.12. The molecule has 1 aromatic heterocycles. The van der Waals surface area contributed by atoms with E-state index in [-0.39, 0.29) is 40.7 Å². The second-order valence-electron chi connectivity index (χ2n) is 4.16. The van der Waals surface area contributed by atoms with Crippen LogP contribution in [0.15, 0.2) is 24.3 Å². The molecule has 1 heterocycles. The molecular formula is C15H15ClN2O5. The lowest BCUT2D eigenvalue weighted by Gasteiger charge is -2.11. The van der Waals surface area contributed by atoms with E-state index in [0.29, 0.717) is 0 Å². The molecule has 122 valence electrons. The Balaban J connectivity index is 2.38. The van der Waals surface area contributed by atoms with E-state index in [1.165, 1.54) is 14.2 Å². The largest absolute Gasteiger partial charge is 0.480 e. The number of para-hydroxylation sites is 1. The Morgan fingerprint density at radius 3 is 2.30 bits per heavy atom. The highest BCUT2D eigenvalue weighted by Crippen LogP contribution is 2.34. The molecule has 23 heavy (non-hydrogen) atoms. The van der Waals surface area contributed by atoms with Gasteiger partial charge in [0.1, 0.15) is 11.3 Å². The number of rotatable bonds is 6. The summed E-state index contributed by atoms with van der Waals surface area (Å²) in [5.41, 5.74) is 0.255. The first-order valence-electron chi connectivity index (χ1n) is 6.70. The lowest BCUT2D eigenvalue weighted by molar-refractivity contribution is 0.0523. The molecule has 0 unspecified atom stereocenters. The summed E-state index contributed by atoms with van der Waals surface area (Å²) in [5, 5.41) is 0.126. The summed E-state index contributed by atoms with van der Waals surface area (Å²) in [6, 6.07) is 6.52. The van der Waals surface area contributed by atoms with Gasteiger partial charge in [-0.1, -0.05) is 23.7 Å². The van der Waals surface area contributed by atoms with Crippen LogP contribution in [0.25, 0.3) is 0 Å². The molecule has 7 nitrogen and oxygen atoms in total. The number of halogens is 1. The average Bonchev–Trinajstić information content (AvgIpc) is 2.57. The lowest BCUT2D eigenvalue weighted by Crippen LogP contribution is -2.07. The van der Waals surface area contributed by atoms with Crippen LogP contribution in [0.2, 0.25) is 5.02 Å². The van der Waals surface area contributed by atoms with Crippen molar-refractivity contribution in [2.45, 2.75) is 6.92 Å². The van der Waals surface area contributed by atoms with Gasteiger partial charge in [-0.05, 0) is 19.1 Å². The summed E-state index contributed by atoms with van der Waals surface area (Å²) in [6.07, 6.45) is 0. The van der Waals surface area contributed by atoms with Crippen LogP contribution < -0.4 is 14.2 Å². The van der Waals surface area contributed by atoms with Crippen molar-refractivity contribution >= 4 is 17.6 Å². The van der Waals surface area contributed by atoms with E-state index in [1.54, 1.807) is 31.2 Å². The summed E-state index contributed by atoms with van der Waals surface area (Å²) in [5.74, 6) is -0.0577. The van der Waals surface area contributed by atoms with E-state index in [1.807, 2.05) is 0 Å². The zero-order valence-electron chi connectivity index (χ0n) is 12.8. The minimum atomic E-state index is -0.504. The van der Waals surface area contributed by atoms with E-state index < -0.39 is 5.97 Å². The second kappa shape index (κ2) is 7.64. The van der Waals surface area contributed by atoms with Gasteiger partial charge in [-0.25, -0.2) is 4.79 Å². The van der Waals surface area contributed by atoms with E-state index in [4.69, 9.17) is 30.5 Å². The van der Waals surface area contributed by atoms with Crippen LogP contribution in [0.5, 0.6) is 23.5 Å². The summed E-state index contributed by atoms with van der Waals surface area (Å²) >= 11 is 6.00. The molecule has 0 aliphatic heterocycles. The smallest absolute Gasteiger partial charge is 0.341 e. The number of nitrogens with zero attached hydrogens (tertiary/aromatic N) is 2. The molecule has 0 amide bonds. The van der Waals surface area contributed by atoms with Gasteiger partial charge in [0.2, 0.25) is 11.8 Å². The van der Waals surface area contributed by atoms with Crippen LogP contribution in [0.3, 0.4) is 0 Å². The Bertz CT molecular complexity index is 683. The van der Waals surface area contributed by atoms with Gasteiger partial charge >= 0.3 is 12.0 Å². The maximum absolute atomic E-state index is 11.9. The summed E-state index contributed by atoms with van der Waals surface area (Å²) in [4.78, 5) is 20.0. The normalized spacial score (nSPS) is 10.1. The van der Waals surface area contributed by atoms with Crippen LogP contribution in [-0.4, -0.2) is 36.8 Å². The topological polar surface area (TPSA) is 79.8 Å². The van der Waals surface area contributed by atoms with Crippen LogP contribution in [0, 0.1) is 0 Å². The van der Waals surface area contributed by atoms with E-state index >= 15 is 0 Å². The number of hydrogen-bond donors (Lipinski definition) is 0. The maximum atomic E-state index is 11.9. The lowest BCUT2D eigenvalue weighted by atomic mass is 10.2. The molecule has 0 spiro atoms. The molecule has 0 bridgehead atoms. The number of ether oxygens (including phenoxy) is 4. The molecule has 2 rings (SSSR count). The number of carbonyl (C=O) groups is 1. The molecule has 0 atom stereocenters. The van der Waals surface area contributed by atoms with Gasteiger partial charge in [0.25, 0.3) is 0 Å². The zero-order chi connectivity index (χ0) is 16.8. The minimum Gasteiger partial charge on any atom is -0.480 e. The predicted molar refractivity (Wildman–Crippen MR) is 82.6 cm³/mol. The minimum absolute atomic E-state index is 0.0696. The number of esters is 1. The number of benzene rings is 1. The van der Waals surface area contributed by atoms with Crippen molar-refractivity contribution in [3.63, 3.8) is 0 Å². The highest BCUT2D eigenvalue weighted by Gasteiger charge is 2.18. The first-order chi connectivity index (χ1) is 11.1. The third-order valence-corrected chi connectivity index (χ3v) is 3.06. The summed E-state index contributed by atoms with van der Waals surface area (Å²) in [7, 11) is 2.81. The van der Waals surface area contributed by atoms with Gasteiger partial charge in [0.15, 0.2) is 5.02 Å².